The summed E-state index contributed by atoms with van der Waals surface area (Å²) in [5.41, 5.74) is -0.359. The third-order valence-corrected chi connectivity index (χ3v) is 2.23. The molecule has 1 heterocycles. The quantitative estimate of drug-likeness (QED) is 0.743. The molecule has 0 radical (unpaired) electrons. The third kappa shape index (κ3) is 2.94. The Morgan fingerprint density at radius 1 is 1.00 bits per heavy atom. The number of hydrogen-bond acceptors (Lipinski definition) is 2. The van der Waals surface area contributed by atoms with Crippen molar-refractivity contribution < 1.29 is 13.2 Å². The first-order valence-corrected chi connectivity index (χ1v) is 5.19. The van der Waals surface area contributed by atoms with Crippen LogP contribution < -0.4 is 0 Å². The van der Waals surface area contributed by atoms with Crippen molar-refractivity contribution in [2.75, 3.05) is 0 Å². The molecule has 18 heavy (non-hydrogen) atoms. The normalized spacial score (nSPS) is 11.9. The van der Waals surface area contributed by atoms with Gasteiger partial charge in [-0.05, 0) is 24.3 Å². The predicted octanol–water partition coefficient (Wildman–Crippen LogP) is 3.85. The molecule has 0 N–H and O–H groups in total. The van der Waals surface area contributed by atoms with Crippen molar-refractivity contribution in [1.82, 2.24) is 4.98 Å². The second-order valence-corrected chi connectivity index (χ2v) is 3.53. The number of nitrogens with zero attached hydrogens (tertiary/aromatic N) is 2. The van der Waals surface area contributed by atoms with Crippen molar-refractivity contribution in [3.05, 3.63) is 59.9 Å². The van der Waals surface area contributed by atoms with Crippen LogP contribution in [0.4, 0.5) is 18.9 Å². The summed E-state index contributed by atoms with van der Waals surface area (Å²) < 4.78 is 38.1. The summed E-state index contributed by atoms with van der Waals surface area (Å²) in [5.74, 6) is 0. The molecule has 0 fully saturated rings. The highest BCUT2D eigenvalue weighted by molar-refractivity contribution is 5.79. The molecule has 0 amide bonds. The average Bonchev–Trinajstić information content (AvgIpc) is 2.37. The van der Waals surface area contributed by atoms with E-state index in [9.17, 15) is 13.2 Å². The Hall–Kier alpha value is -2.17. The molecule has 0 aliphatic carbocycles. The van der Waals surface area contributed by atoms with Crippen molar-refractivity contribution in [1.29, 1.82) is 0 Å². The summed E-state index contributed by atoms with van der Waals surface area (Å²) in [4.78, 5) is 7.79. The largest absolute Gasteiger partial charge is 0.418 e. The molecule has 1 aromatic carbocycles. The van der Waals surface area contributed by atoms with Gasteiger partial charge < -0.3 is 0 Å². The van der Waals surface area contributed by atoms with Gasteiger partial charge >= 0.3 is 6.18 Å². The molecule has 1 aromatic heterocycles. The Bertz CT molecular complexity index is 548. The third-order valence-electron chi connectivity index (χ3n) is 2.23. The Morgan fingerprint density at radius 3 is 2.39 bits per heavy atom. The van der Waals surface area contributed by atoms with Crippen molar-refractivity contribution >= 4 is 11.9 Å². The van der Waals surface area contributed by atoms with Gasteiger partial charge in [-0.2, -0.15) is 13.2 Å². The van der Waals surface area contributed by atoms with Crippen LogP contribution in [0.3, 0.4) is 0 Å². The number of halogens is 3. The molecule has 0 aliphatic heterocycles. The summed E-state index contributed by atoms with van der Waals surface area (Å²) in [6.07, 6.45) is -1.54. The zero-order chi connectivity index (χ0) is 13.0. The number of pyridine rings is 1. The van der Waals surface area contributed by atoms with Gasteiger partial charge in [0.05, 0.1) is 23.2 Å². The van der Waals surface area contributed by atoms with E-state index in [0.29, 0.717) is 5.69 Å². The van der Waals surface area contributed by atoms with Crippen LogP contribution in [0, 0.1) is 0 Å². The molecule has 0 aliphatic rings. The van der Waals surface area contributed by atoms with Gasteiger partial charge in [0, 0.05) is 6.20 Å². The van der Waals surface area contributed by atoms with E-state index in [1.807, 2.05) is 0 Å². The number of hydrogen-bond donors (Lipinski definition) is 0. The number of para-hydroxylation sites is 1. The first-order chi connectivity index (χ1) is 8.57. The van der Waals surface area contributed by atoms with Crippen LogP contribution in [0.5, 0.6) is 0 Å². The first kappa shape index (κ1) is 12.3. The standard InChI is InChI=1S/C13H9F3N2/c14-13(15,16)11-6-1-2-7-12(11)18-9-10-5-3-4-8-17-10/h1-9H. The lowest BCUT2D eigenvalue weighted by atomic mass is 10.2. The van der Waals surface area contributed by atoms with Crippen LogP contribution in [0.1, 0.15) is 11.3 Å². The van der Waals surface area contributed by atoms with Gasteiger partial charge in [0.15, 0.2) is 0 Å². The summed E-state index contributed by atoms with van der Waals surface area (Å²) in [5, 5.41) is 0. The number of aromatic nitrogens is 1. The van der Waals surface area contributed by atoms with Gasteiger partial charge in [0.25, 0.3) is 0 Å². The van der Waals surface area contributed by atoms with Crippen LogP contribution in [0.2, 0.25) is 0 Å². The molecule has 0 saturated heterocycles. The van der Waals surface area contributed by atoms with Crippen LogP contribution in [0.15, 0.2) is 53.7 Å². The number of alkyl halides is 3. The lowest BCUT2D eigenvalue weighted by Gasteiger charge is -2.08. The first-order valence-electron chi connectivity index (χ1n) is 5.19. The van der Waals surface area contributed by atoms with Crippen LogP contribution in [-0.2, 0) is 6.18 Å². The second kappa shape index (κ2) is 5.00. The van der Waals surface area contributed by atoms with E-state index in [2.05, 4.69) is 9.98 Å². The van der Waals surface area contributed by atoms with Gasteiger partial charge in [-0.25, -0.2) is 0 Å². The van der Waals surface area contributed by atoms with E-state index >= 15 is 0 Å². The summed E-state index contributed by atoms with van der Waals surface area (Å²) in [6.45, 7) is 0. The average molecular weight is 250 g/mol. The van der Waals surface area contributed by atoms with E-state index < -0.39 is 11.7 Å². The van der Waals surface area contributed by atoms with E-state index in [1.165, 1.54) is 24.4 Å². The fourth-order valence-electron chi connectivity index (χ4n) is 1.41. The predicted molar refractivity (Wildman–Crippen MR) is 62.9 cm³/mol. The highest BCUT2D eigenvalue weighted by atomic mass is 19.4. The zero-order valence-corrected chi connectivity index (χ0v) is 9.22. The minimum absolute atomic E-state index is 0.115. The number of aliphatic imine (C=N–C) groups is 1. The molecule has 0 bridgehead atoms. The Kier molecular flexibility index (Phi) is 3.41. The molecule has 5 heteroatoms. The minimum Gasteiger partial charge on any atom is -0.255 e. The molecule has 0 spiro atoms. The van der Waals surface area contributed by atoms with Crippen molar-refractivity contribution in [3.63, 3.8) is 0 Å². The molecule has 0 saturated carbocycles. The van der Waals surface area contributed by atoms with Crippen LogP contribution in [0.25, 0.3) is 0 Å². The maximum atomic E-state index is 12.7. The summed E-state index contributed by atoms with van der Waals surface area (Å²) in [7, 11) is 0. The smallest absolute Gasteiger partial charge is 0.255 e. The molecular formula is C13H9F3N2. The number of benzene rings is 1. The SMILES string of the molecule is FC(F)(F)c1ccccc1N=Cc1ccccn1. The fourth-order valence-corrected chi connectivity index (χ4v) is 1.41. The summed E-state index contributed by atoms with van der Waals surface area (Å²) >= 11 is 0. The minimum atomic E-state index is -4.40. The van der Waals surface area contributed by atoms with Gasteiger partial charge in [-0.3, -0.25) is 9.98 Å². The maximum Gasteiger partial charge on any atom is 0.418 e. The van der Waals surface area contributed by atoms with Gasteiger partial charge in [0.1, 0.15) is 0 Å². The maximum absolute atomic E-state index is 12.7. The highest BCUT2D eigenvalue weighted by Crippen LogP contribution is 2.35. The fraction of sp³-hybridized carbons (Fsp3) is 0.0769. The monoisotopic (exact) mass is 250 g/mol. The number of rotatable bonds is 2. The summed E-state index contributed by atoms with van der Waals surface area (Å²) in [6, 6.07) is 10.3. The van der Waals surface area contributed by atoms with E-state index in [4.69, 9.17) is 0 Å². The van der Waals surface area contributed by atoms with E-state index in [1.54, 1.807) is 24.4 Å². The zero-order valence-electron chi connectivity index (χ0n) is 9.22. The van der Waals surface area contributed by atoms with Crippen molar-refractivity contribution in [3.8, 4) is 0 Å². The highest BCUT2D eigenvalue weighted by Gasteiger charge is 2.32. The Morgan fingerprint density at radius 2 is 1.72 bits per heavy atom. The van der Waals surface area contributed by atoms with Crippen molar-refractivity contribution in [2.45, 2.75) is 6.18 Å². The van der Waals surface area contributed by atoms with E-state index in [-0.39, 0.29) is 5.69 Å². The van der Waals surface area contributed by atoms with Gasteiger partial charge in [-0.15, -0.1) is 0 Å². The van der Waals surface area contributed by atoms with Crippen LogP contribution in [-0.4, -0.2) is 11.2 Å². The molecule has 0 unspecified atom stereocenters. The molecule has 2 rings (SSSR count). The van der Waals surface area contributed by atoms with Gasteiger partial charge in [0.2, 0.25) is 0 Å². The van der Waals surface area contributed by atoms with Crippen molar-refractivity contribution in [2.24, 2.45) is 4.99 Å². The lowest BCUT2D eigenvalue weighted by Crippen LogP contribution is -2.04. The Labute approximate surface area is 102 Å². The topological polar surface area (TPSA) is 25.2 Å². The Balaban J connectivity index is 2.33. The molecule has 2 aromatic rings. The lowest BCUT2D eigenvalue weighted by molar-refractivity contribution is -0.137. The van der Waals surface area contributed by atoms with Crippen LogP contribution >= 0.6 is 0 Å². The van der Waals surface area contributed by atoms with E-state index in [0.717, 1.165) is 6.07 Å². The molecule has 2 nitrogen and oxygen atoms in total. The molecule has 92 valence electrons. The molecule has 0 atom stereocenters. The van der Waals surface area contributed by atoms with Gasteiger partial charge in [-0.1, -0.05) is 18.2 Å². The second-order valence-electron chi connectivity index (χ2n) is 3.53. The molecular weight excluding hydrogens is 241 g/mol.